The van der Waals surface area contributed by atoms with Crippen molar-refractivity contribution in [2.24, 2.45) is 0 Å². The highest BCUT2D eigenvalue weighted by Crippen LogP contribution is 2.34. The molecule has 0 radical (unpaired) electrons. The summed E-state index contributed by atoms with van der Waals surface area (Å²) in [4.78, 5) is 0. The third-order valence-electron chi connectivity index (χ3n) is 3.26. The molecule has 2 rings (SSSR count). The van der Waals surface area contributed by atoms with E-state index in [1.165, 1.54) is 0 Å². The van der Waals surface area contributed by atoms with Crippen molar-refractivity contribution in [3.8, 4) is 6.07 Å². The normalized spacial score (nSPS) is 17.9. The van der Waals surface area contributed by atoms with E-state index in [4.69, 9.17) is 5.26 Å². The molecule has 90 valence electrons. The van der Waals surface area contributed by atoms with Crippen LogP contribution in [0.1, 0.15) is 39.2 Å². The maximum atomic E-state index is 9.15. The number of nitrogens with one attached hydrogen (secondary N) is 2. The van der Waals surface area contributed by atoms with E-state index in [-0.39, 0.29) is 0 Å². The van der Waals surface area contributed by atoms with Crippen molar-refractivity contribution >= 4 is 11.4 Å². The molecule has 1 atom stereocenters. The Morgan fingerprint density at radius 2 is 2.00 bits per heavy atom. The quantitative estimate of drug-likeness (QED) is 0.834. The van der Waals surface area contributed by atoms with Crippen LogP contribution >= 0.6 is 0 Å². The molecule has 17 heavy (non-hydrogen) atoms. The Kier molecular flexibility index (Phi) is 2.97. The van der Waals surface area contributed by atoms with Gasteiger partial charge >= 0.3 is 0 Å². The zero-order chi connectivity index (χ0) is 12.5. The zero-order valence-corrected chi connectivity index (χ0v) is 10.7. The topological polar surface area (TPSA) is 47.9 Å². The smallest absolute Gasteiger partial charge is 0.0964 e. The van der Waals surface area contributed by atoms with Crippen LogP contribution in [0.2, 0.25) is 0 Å². The van der Waals surface area contributed by atoms with Gasteiger partial charge in [-0.05, 0) is 38.0 Å². The fraction of sp³-hybridized carbons (Fsp3) is 0.500. The van der Waals surface area contributed by atoms with Crippen molar-refractivity contribution in [3.63, 3.8) is 0 Å². The summed E-state index contributed by atoms with van der Waals surface area (Å²) in [5.74, 6) is 0. The monoisotopic (exact) mass is 229 g/mol. The van der Waals surface area contributed by atoms with Crippen LogP contribution in [0.3, 0.4) is 0 Å². The summed E-state index contributed by atoms with van der Waals surface area (Å²) < 4.78 is 0. The molecule has 1 unspecified atom stereocenters. The van der Waals surface area contributed by atoms with Gasteiger partial charge in [0.2, 0.25) is 0 Å². The molecule has 0 spiro atoms. The number of anilines is 2. The van der Waals surface area contributed by atoms with E-state index < -0.39 is 5.41 Å². The zero-order valence-electron chi connectivity index (χ0n) is 10.7. The predicted octanol–water partition coefficient (Wildman–Crippen LogP) is 3.45. The van der Waals surface area contributed by atoms with Crippen LogP contribution in [0, 0.1) is 11.3 Å². The predicted molar refractivity (Wildman–Crippen MR) is 71.0 cm³/mol. The molecule has 3 nitrogen and oxygen atoms in total. The molecular formula is C14H19N3. The van der Waals surface area contributed by atoms with Crippen LogP contribution < -0.4 is 10.6 Å². The van der Waals surface area contributed by atoms with Crippen LogP contribution in [0.5, 0.6) is 0 Å². The molecule has 0 aromatic heterocycles. The lowest BCUT2D eigenvalue weighted by Gasteiger charge is -2.16. The number of rotatable bonds is 3. The van der Waals surface area contributed by atoms with E-state index in [0.29, 0.717) is 6.17 Å². The number of fused-ring (bicyclic) bond motifs is 1. The highest BCUT2D eigenvalue weighted by Gasteiger charge is 2.24. The first kappa shape index (κ1) is 11.8. The van der Waals surface area contributed by atoms with Gasteiger partial charge in [-0.15, -0.1) is 0 Å². The highest BCUT2D eigenvalue weighted by molar-refractivity contribution is 5.75. The molecule has 0 amide bonds. The highest BCUT2D eigenvalue weighted by atomic mass is 15.2. The summed E-state index contributed by atoms with van der Waals surface area (Å²) in [5, 5.41) is 16.0. The summed E-state index contributed by atoms with van der Waals surface area (Å²) in [6.07, 6.45) is 2.58. The van der Waals surface area contributed by atoms with Crippen LogP contribution in [-0.4, -0.2) is 6.17 Å². The third-order valence-corrected chi connectivity index (χ3v) is 3.26. The third kappa shape index (κ3) is 2.21. The summed E-state index contributed by atoms with van der Waals surface area (Å²) in [7, 11) is 0. The molecule has 1 aromatic rings. The van der Waals surface area contributed by atoms with Gasteiger partial charge in [-0.1, -0.05) is 19.4 Å². The molecule has 0 aliphatic carbocycles. The second kappa shape index (κ2) is 4.29. The van der Waals surface area contributed by atoms with Crippen molar-refractivity contribution in [1.29, 1.82) is 5.26 Å². The average molecular weight is 229 g/mol. The number of nitriles is 1. The summed E-state index contributed by atoms with van der Waals surface area (Å²) in [6.45, 7) is 6.07. The van der Waals surface area contributed by atoms with E-state index in [0.717, 1.165) is 29.8 Å². The fourth-order valence-electron chi connectivity index (χ4n) is 2.09. The van der Waals surface area contributed by atoms with E-state index >= 15 is 0 Å². The number of hydrogen-bond acceptors (Lipinski definition) is 3. The minimum Gasteiger partial charge on any atom is -0.364 e. The van der Waals surface area contributed by atoms with E-state index in [9.17, 15) is 0 Å². The van der Waals surface area contributed by atoms with Crippen LogP contribution in [0.25, 0.3) is 0 Å². The molecule has 1 aromatic carbocycles. The molecule has 0 saturated carbocycles. The van der Waals surface area contributed by atoms with Crippen molar-refractivity contribution < 1.29 is 0 Å². The maximum Gasteiger partial charge on any atom is 0.0964 e. The largest absolute Gasteiger partial charge is 0.364 e. The van der Waals surface area contributed by atoms with Gasteiger partial charge in [-0.3, -0.25) is 0 Å². The summed E-state index contributed by atoms with van der Waals surface area (Å²) in [6, 6.07) is 8.52. The van der Waals surface area contributed by atoms with E-state index in [2.05, 4.69) is 35.8 Å². The Labute approximate surface area is 103 Å². The second-order valence-corrected chi connectivity index (χ2v) is 5.13. The Hall–Kier alpha value is -1.69. The fourth-order valence-corrected chi connectivity index (χ4v) is 2.09. The molecule has 0 saturated heterocycles. The van der Waals surface area contributed by atoms with Gasteiger partial charge in [0.1, 0.15) is 0 Å². The molecule has 1 aliphatic heterocycles. The van der Waals surface area contributed by atoms with Gasteiger partial charge in [0.25, 0.3) is 0 Å². The van der Waals surface area contributed by atoms with Crippen molar-refractivity contribution in [1.82, 2.24) is 0 Å². The van der Waals surface area contributed by atoms with Crippen LogP contribution in [0.4, 0.5) is 11.4 Å². The van der Waals surface area contributed by atoms with Crippen molar-refractivity contribution in [3.05, 3.63) is 23.8 Å². The average Bonchev–Trinajstić information content (AvgIpc) is 2.70. The van der Waals surface area contributed by atoms with Gasteiger partial charge in [0.05, 0.1) is 29.0 Å². The minimum atomic E-state index is -0.431. The van der Waals surface area contributed by atoms with Gasteiger partial charge < -0.3 is 10.6 Å². The first-order valence-electron chi connectivity index (χ1n) is 6.15. The number of hydrogen-bond donors (Lipinski definition) is 2. The maximum absolute atomic E-state index is 9.15. The lowest BCUT2D eigenvalue weighted by atomic mass is 9.86. The molecule has 2 N–H and O–H groups in total. The van der Waals surface area contributed by atoms with E-state index in [1.807, 2.05) is 19.9 Å². The Balaban J connectivity index is 2.25. The lowest BCUT2D eigenvalue weighted by molar-refractivity contribution is 0.687. The summed E-state index contributed by atoms with van der Waals surface area (Å²) >= 11 is 0. The minimum absolute atomic E-state index is 0.329. The molecule has 1 heterocycles. The number of nitrogens with zero attached hydrogens (tertiary/aromatic N) is 1. The van der Waals surface area contributed by atoms with Gasteiger partial charge in [-0.25, -0.2) is 0 Å². The SMILES string of the molecule is CCCC1Nc2ccc(C(C)(C)C#N)cc2N1. The van der Waals surface area contributed by atoms with Gasteiger partial charge in [0, 0.05) is 0 Å². The molecule has 3 heteroatoms. The Morgan fingerprint density at radius 3 is 2.65 bits per heavy atom. The van der Waals surface area contributed by atoms with Crippen molar-refractivity contribution in [2.45, 2.75) is 45.2 Å². The molecular weight excluding hydrogens is 210 g/mol. The van der Waals surface area contributed by atoms with Gasteiger partial charge in [0.15, 0.2) is 0 Å². The molecule has 1 aliphatic rings. The Bertz CT molecular complexity index is 457. The van der Waals surface area contributed by atoms with E-state index in [1.54, 1.807) is 0 Å². The van der Waals surface area contributed by atoms with Crippen molar-refractivity contribution in [2.75, 3.05) is 10.6 Å². The Morgan fingerprint density at radius 1 is 1.29 bits per heavy atom. The summed E-state index contributed by atoms with van der Waals surface area (Å²) in [5.41, 5.74) is 2.88. The van der Waals surface area contributed by atoms with Crippen LogP contribution in [-0.2, 0) is 5.41 Å². The number of benzene rings is 1. The lowest BCUT2D eigenvalue weighted by Crippen LogP contribution is -2.21. The molecule has 0 bridgehead atoms. The first-order chi connectivity index (χ1) is 8.06. The van der Waals surface area contributed by atoms with Gasteiger partial charge in [-0.2, -0.15) is 5.26 Å². The second-order valence-electron chi connectivity index (χ2n) is 5.13. The molecule has 0 fully saturated rings. The first-order valence-corrected chi connectivity index (χ1v) is 6.15. The standard InChI is InChI=1S/C14H19N3/c1-4-5-13-16-11-7-6-10(8-12(11)17-13)14(2,3)9-15/h6-8,13,16-17H,4-5H2,1-3H3. The van der Waals surface area contributed by atoms with Crippen LogP contribution in [0.15, 0.2) is 18.2 Å².